The van der Waals surface area contributed by atoms with Crippen LogP contribution >= 0.6 is 11.8 Å². The van der Waals surface area contributed by atoms with Gasteiger partial charge in [-0.2, -0.15) is 11.8 Å². The Morgan fingerprint density at radius 3 is 1.74 bits per heavy atom. The molecule has 41 nitrogen and oxygen atoms in total. The van der Waals surface area contributed by atoms with Gasteiger partial charge in [0.2, 0.25) is 94.5 Å². The molecule has 5 aromatic rings. The van der Waals surface area contributed by atoms with E-state index in [4.69, 9.17) is 39.8 Å². The number of aromatic nitrogens is 2. The third-order valence-corrected chi connectivity index (χ3v) is 19.5. The van der Waals surface area contributed by atoms with E-state index < -0.39 is 242 Å². The van der Waals surface area contributed by atoms with E-state index in [0.29, 0.717) is 44.2 Å². The molecule has 0 radical (unpaired) electrons. The van der Waals surface area contributed by atoms with Gasteiger partial charge in [-0.05, 0) is 112 Å². The third-order valence-electron chi connectivity index (χ3n) is 18.4. The average Bonchev–Trinajstić information content (AvgIpc) is 1.79. The van der Waals surface area contributed by atoms with Crippen LogP contribution in [-0.2, 0) is 101 Å². The van der Waals surface area contributed by atoms with Gasteiger partial charge in [0.1, 0.15) is 66.0 Å². The van der Waals surface area contributed by atoms with E-state index in [-0.39, 0.29) is 50.8 Å². The number of aliphatic hydroxyl groups is 1. The molecule has 6 rings (SSSR count). The molecule has 30 N–H and O–H groups in total. The second-order valence-corrected chi connectivity index (χ2v) is 28.9. The molecule has 16 amide bonds. The summed E-state index contributed by atoms with van der Waals surface area (Å²) in [4.78, 5) is 241. The van der Waals surface area contributed by atoms with Crippen LogP contribution in [0.2, 0.25) is 0 Å². The maximum atomic E-state index is 15.6. The standard InChI is InChI=1S/C73H100N22O19S/c1-36(96)60-70(113)91-51(29-39-32-81-44-12-6-4-10-42(39)44)67(110)87-46(18-21-55(75)98)62(105)92-54(35-115-27-24-49(84-37(2)97)64(107)86-47(65(108)94-60)19-22-56(76)99)68(111)88-50(28-38-14-16-41(17-15-38)85-72(79)80)66(109)89-52(30-40-33-82-45-13-7-5-11-43(40)45)69(112)95-73(3,25-8-9-26-74)71(114)93-48(20-23-59(102)103)63(106)90-53(31-57(77)100)61(104)83-34-58(78)101/h4-7,10-17,32-33,36,46-54,60,81-82,96H,8-9,18-31,34-35,74H2,1-3H3,(H2,75,98)(H2,76,99)(H2,77,100)(H2,78,101)(H,83,104)(H,84,97)(H,86,107)(H,87,110)(H,88,111)(H,89,109)(H,90,106)(H,91,113)(H,92,105)(H,93,114)(H,94,108)(H,95,112)(H,102,103)(H4,79,80,85)/t36-,46+,47+,48+,49+,50+,51+,52+,53+,54+,60+,73+/m1/s1. The van der Waals surface area contributed by atoms with Gasteiger partial charge >= 0.3 is 5.97 Å². The van der Waals surface area contributed by atoms with Crippen LogP contribution in [0, 0.1) is 5.41 Å². The highest BCUT2D eigenvalue weighted by molar-refractivity contribution is 7.99. The first-order valence-electron chi connectivity index (χ1n) is 36.7. The number of para-hydroxylation sites is 2. The molecule has 1 fully saturated rings. The van der Waals surface area contributed by atoms with Crippen LogP contribution in [0.3, 0.4) is 0 Å². The normalized spacial score (nSPS) is 19.0. The Labute approximate surface area is 662 Å². The molecule has 622 valence electrons. The fourth-order valence-electron chi connectivity index (χ4n) is 12.3. The molecule has 42 heteroatoms. The number of hydrogen-bond acceptors (Lipinski definition) is 21. The number of nitrogens with two attached hydrogens (primary N) is 6. The fourth-order valence-corrected chi connectivity index (χ4v) is 13.4. The van der Waals surface area contributed by atoms with Gasteiger partial charge in [-0.1, -0.05) is 48.5 Å². The number of primary amides is 4. The molecule has 1 aliphatic rings. The van der Waals surface area contributed by atoms with Gasteiger partial charge in [-0.3, -0.25) is 86.9 Å². The van der Waals surface area contributed by atoms with Crippen molar-refractivity contribution in [3.8, 4) is 0 Å². The zero-order valence-electron chi connectivity index (χ0n) is 63.4. The summed E-state index contributed by atoms with van der Waals surface area (Å²) < 4.78 is 0. The zero-order chi connectivity index (χ0) is 84.8. The second kappa shape index (κ2) is 43.9. The van der Waals surface area contributed by atoms with Crippen molar-refractivity contribution in [1.82, 2.24) is 73.8 Å². The Morgan fingerprint density at radius 1 is 0.609 bits per heavy atom. The lowest BCUT2D eigenvalue weighted by molar-refractivity contribution is -0.140. The lowest BCUT2D eigenvalue weighted by Gasteiger charge is -2.34. The number of fused-ring (bicyclic) bond motifs is 2. The Bertz CT molecular complexity index is 4400. The van der Waals surface area contributed by atoms with Crippen molar-refractivity contribution in [3.63, 3.8) is 0 Å². The monoisotopic (exact) mass is 1620 g/mol. The number of guanidine groups is 1. The molecule has 3 aromatic carbocycles. The van der Waals surface area contributed by atoms with E-state index in [9.17, 15) is 72.5 Å². The number of thioether (sulfide) groups is 1. The van der Waals surface area contributed by atoms with E-state index in [2.05, 4.69) is 79.1 Å². The van der Waals surface area contributed by atoms with Crippen LogP contribution in [-0.4, -0.2) is 223 Å². The van der Waals surface area contributed by atoms with E-state index in [0.717, 1.165) is 25.6 Å². The molecule has 115 heavy (non-hydrogen) atoms. The molecule has 1 aliphatic heterocycles. The highest BCUT2D eigenvalue weighted by Gasteiger charge is 2.42. The number of carbonyl (C=O) groups excluding carboxylic acids is 16. The predicted molar refractivity (Wildman–Crippen MR) is 417 cm³/mol. The molecule has 0 spiro atoms. The number of aromatic amines is 2. The topological polar surface area (TPSA) is 699 Å². The van der Waals surface area contributed by atoms with Crippen LogP contribution in [0.1, 0.15) is 108 Å². The summed E-state index contributed by atoms with van der Waals surface area (Å²) in [5.41, 5.74) is 33.7. The summed E-state index contributed by atoms with van der Waals surface area (Å²) >= 11 is 0.899. The van der Waals surface area contributed by atoms with Crippen LogP contribution in [0.25, 0.3) is 21.8 Å². The SMILES string of the molecule is CC(=O)N[C@H]1CCSC[C@@H](C(=O)N[C@@H](Cc2ccc(NC(=N)N)cc2)C(=O)N[C@@H](Cc2c[nH]c3ccccc23)C(=O)N[C@@](C)(CCCCN)C(=O)N[C@@H](CCC(=O)O)C(=O)N[C@@H](CC(N)=O)C(=O)NCC(N)=O)NC(=O)[C@H](CCC(N)=O)NC(=O)[C@H](Cc2c[nH]c3ccccc23)NC(=O)[C@H]([C@@H](C)O)NC(=O)[C@H](CCC(N)=O)NC1=O. The van der Waals surface area contributed by atoms with Crippen LogP contribution in [0.5, 0.6) is 0 Å². The van der Waals surface area contributed by atoms with Gasteiger partial charge in [0.25, 0.3) is 0 Å². The first-order chi connectivity index (χ1) is 54.4. The smallest absolute Gasteiger partial charge is 0.303 e. The number of unbranched alkanes of at least 4 members (excludes halogenated alkanes) is 1. The average molecular weight is 1620 g/mol. The van der Waals surface area contributed by atoms with Crippen molar-refractivity contribution in [2.45, 2.75) is 183 Å². The van der Waals surface area contributed by atoms with Crippen molar-refractivity contribution in [2.75, 3.05) is 29.9 Å². The maximum Gasteiger partial charge on any atom is 0.303 e. The van der Waals surface area contributed by atoms with Crippen molar-refractivity contribution in [2.24, 2.45) is 34.4 Å². The number of nitrogens with one attached hydrogen (secondary N) is 16. The van der Waals surface area contributed by atoms with E-state index in [1.54, 1.807) is 60.9 Å². The Kier molecular flexibility index (Phi) is 34.8. The minimum Gasteiger partial charge on any atom is -0.481 e. The molecule has 1 saturated heterocycles. The number of carbonyl (C=O) groups is 17. The number of H-pyrrole nitrogens is 2. The number of benzene rings is 3. The summed E-state index contributed by atoms with van der Waals surface area (Å²) in [5, 5.41) is 62.4. The third kappa shape index (κ3) is 29.1. The van der Waals surface area contributed by atoms with E-state index >= 15 is 19.2 Å². The van der Waals surface area contributed by atoms with Gasteiger partial charge in [-0.15, -0.1) is 0 Å². The number of carboxylic acid groups (broad SMARTS) is 1. The first-order valence-corrected chi connectivity index (χ1v) is 37.8. The molecule has 0 aliphatic carbocycles. The number of aliphatic hydroxyl groups excluding tert-OH is 1. The van der Waals surface area contributed by atoms with Crippen molar-refractivity contribution in [1.29, 1.82) is 5.41 Å². The number of rotatable bonds is 37. The van der Waals surface area contributed by atoms with E-state index in [1.807, 2.05) is 0 Å². The Morgan fingerprint density at radius 2 is 1.17 bits per heavy atom. The predicted octanol–water partition coefficient (Wildman–Crippen LogP) is -5.76. The molecule has 0 bridgehead atoms. The molecule has 12 atom stereocenters. The highest BCUT2D eigenvalue weighted by atomic mass is 32.2. The van der Waals surface area contributed by atoms with Crippen molar-refractivity contribution in [3.05, 3.63) is 102 Å². The second-order valence-electron chi connectivity index (χ2n) is 27.7. The van der Waals surface area contributed by atoms with E-state index in [1.165, 1.54) is 31.2 Å². The van der Waals surface area contributed by atoms with Gasteiger partial charge in [0.15, 0.2) is 5.96 Å². The summed E-state index contributed by atoms with van der Waals surface area (Å²) in [6, 6.07) is 2.16. The molecule has 0 saturated carbocycles. The van der Waals surface area contributed by atoms with Crippen LogP contribution < -0.4 is 104 Å². The first kappa shape index (κ1) is 91.1. The molecular formula is C73H100N22O19S. The van der Waals surface area contributed by atoms with Crippen molar-refractivity contribution < 1.29 is 91.7 Å². The zero-order valence-corrected chi connectivity index (χ0v) is 64.2. The lowest BCUT2D eigenvalue weighted by Crippen LogP contribution is -2.64. The van der Waals surface area contributed by atoms with Crippen LogP contribution in [0.4, 0.5) is 5.69 Å². The highest BCUT2D eigenvalue weighted by Crippen LogP contribution is 2.24. The molecule has 3 heterocycles. The largest absolute Gasteiger partial charge is 0.481 e. The Hall–Kier alpha value is -12.7. The quantitative estimate of drug-likeness (QED) is 0.0100. The van der Waals surface area contributed by atoms with Gasteiger partial charge in [0, 0.05) is 91.1 Å². The minimum atomic E-state index is -2.11. The lowest BCUT2D eigenvalue weighted by atomic mass is 9.91. The summed E-state index contributed by atoms with van der Waals surface area (Å²) in [6.45, 7) is 2.82. The minimum absolute atomic E-state index is 0.0789. The van der Waals surface area contributed by atoms with Crippen LogP contribution in [0.15, 0.2) is 85.2 Å². The van der Waals surface area contributed by atoms with Gasteiger partial charge < -0.3 is 124 Å². The maximum absolute atomic E-state index is 15.6. The summed E-state index contributed by atoms with van der Waals surface area (Å²) in [5.74, 6) is -19.5. The fraction of sp³-hybridized carbons (Fsp3) is 0.452. The summed E-state index contributed by atoms with van der Waals surface area (Å²) in [6.07, 6.45) is -4.36. The number of aliphatic carboxylic acids is 1. The number of amides is 16. The number of hydrogen-bond donors (Lipinski definition) is 24. The van der Waals surface area contributed by atoms with Gasteiger partial charge in [0.05, 0.1) is 19.1 Å². The summed E-state index contributed by atoms with van der Waals surface area (Å²) in [7, 11) is 0. The molecular weight excluding hydrogens is 1520 g/mol. The molecule has 2 aromatic heterocycles. The van der Waals surface area contributed by atoms with Crippen molar-refractivity contribution >= 4 is 146 Å². The number of carboxylic acids is 1. The van der Waals surface area contributed by atoms with Gasteiger partial charge in [-0.25, -0.2) is 0 Å². The molecule has 0 unspecified atom stereocenters. The number of anilines is 1. The Balaban J connectivity index is 1.46.